The molecular weight excluding hydrogens is 311 g/mol. The maximum atomic E-state index is 13.4. The predicted molar refractivity (Wildman–Crippen MR) is 88.6 cm³/mol. The molecule has 2 aromatic rings. The molecule has 0 spiro atoms. The monoisotopic (exact) mass is 332 g/mol. The molecule has 0 aliphatic carbocycles. The minimum absolute atomic E-state index is 0.0347. The van der Waals surface area contributed by atoms with Crippen molar-refractivity contribution in [2.24, 2.45) is 0 Å². The minimum atomic E-state index is -0.530. The van der Waals surface area contributed by atoms with Crippen molar-refractivity contribution >= 4 is 11.8 Å². The molecule has 7 nitrogen and oxygen atoms in total. The first-order valence-electron chi connectivity index (χ1n) is 8.00. The van der Waals surface area contributed by atoms with Gasteiger partial charge in [-0.1, -0.05) is 6.92 Å². The van der Waals surface area contributed by atoms with Gasteiger partial charge in [0.2, 0.25) is 11.9 Å². The van der Waals surface area contributed by atoms with Crippen LogP contribution < -0.4 is 9.80 Å². The second-order valence-electron chi connectivity index (χ2n) is 5.69. The Balaban J connectivity index is 1.77. The maximum absolute atomic E-state index is 13.4. The highest BCUT2D eigenvalue weighted by Crippen LogP contribution is 2.21. The van der Waals surface area contributed by atoms with Crippen molar-refractivity contribution in [2.75, 3.05) is 43.2 Å². The van der Waals surface area contributed by atoms with Crippen molar-refractivity contribution in [3.63, 3.8) is 0 Å². The van der Waals surface area contributed by atoms with E-state index in [1.165, 1.54) is 12.4 Å². The Morgan fingerprint density at radius 3 is 2.67 bits per heavy atom. The first kappa shape index (κ1) is 16.5. The molecule has 2 aromatic heterocycles. The molecule has 0 bridgehead atoms. The Labute approximate surface area is 140 Å². The number of piperazine rings is 1. The van der Waals surface area contributed by atoms with Crippen molar-refractivity contribution in [1.29, 1.82) is 0 Å². The van der Waals surface area contributed by atoms with Crippen LogP contribution in [0.1, 0.15) is 12.5 Å². The minimum Gasteiger partial charge on any atom is -0.382 e. The fourth-order valence-electron chi connectivity index (χ4n) is 2.85. The highest BCUT2D eigenvalue weighted by molar-refractivity contribution is 5.43. The number of ether oxygens (including phenoxy) is 1. The highest BCUT2D eigenvalue weighted by atomic mass is 19.1. The Morgan fingerprint density at radius 2 is 2.00 bits per heavy atom. The van der Waals surface area contributed by atoms with Crippen molar-refractivity contribution in [3.05, 3.63) is 36.3 Å². The molecule has 0 radical (unpaired) electrons. The smallest absolute Gasteiger partial charge is 0.225 e. The third-order valence-corrected chi connectivity index (χ3v) is 4.14. The summed E-state index contributed by atoms with van der Waals surface area (Å²) in [7, 11) is 1.66. The fraction of sp³-hybridized carbons (Fsp3) is 0.500. The molecule has 0 amide bonds. The summed E-state index contributed by atoms with van der Waals surface area (Å²) in [6.07, 6.45) is 5.88. The molecule has 128 valence electrons. The van der Waals surface area contributed by atoms with Crippen LogP contribution >= 0.6 is 0 Å². The van der Waals surface area contributed by atoms with E-state index in [-0.39, 0.29) is 6.04 Å². The molecule has 24 heavy (non-hydrogen) atoms. The van der Waals surface area contributed by atoms with Gasteiger partial charge in [-0.2, -0.15) is 4.39 Å². The SMILES string of the molecule is CCc1cnc(N2CCN(c3cc(F)ncn3)C(COC)C2)nc1. The molecule has 1 aliphatic rings. The number of rotatable bonds is 5. The van der Waals surface area contributed by atoms with E-state index in [0.29, 0.717) is 31.5 Å². The third-order valence-electron chi connectivity index (χ3n) is 4.14. The Bertz CT molecular complexity index is 668. The zero-order valence-electron chi connectivity index (χ0n) is 13.9. The number of hydrogen-bond donors (Lipinski definition) is 0. The van der Waals surface area contributed by atoms with Crippen LogP contribution in [0, 0.1) is 5.95 Å². The summed E-state index contributed by atoms with van der Waals surface area (Å²) < 4.78 is 18.7. The number of aromatic nitrogens is 4. The van der Waals surface area contributed by atoms with E-state index >= 15 is 0 Å². The van der Waals surface area contributed by atoms with Gasteiger partial charge in [-0.25, -0.2) is 19.9 Å². The summed E-state index contributed by atoms with van der Waals surface area (Å²) in [4.78, 5) is 20.8. The molecule has 1 atom stereocenters. The summed E-state index contributed by atoms with van der Waals surface area (Å²) >= 11 is 0. The molecule has 0 N–H and O–H groups in total. The molecule has 1 unspecified atom stereocenters. The van der Waals surface area contributed by atoms with Gasteiger partial charge in [0.15, 0.2) is 0 Å². The van der Waals surface area contributed by atoms with Crippen molar-refractivity contribution in [2.45, 2.75) is 19.4 Å². The Kier molecular flexibility index (Phi) is 5.14. The third kappa shape index (κ3) is 3.59. The molecule has 1 aliphatic heterocycles. The summed E-state index contributed by atoms with van der Waals surface area (Å²) in [5.41, 5.74) is 1.11. The van der Waals surface area contributed by atoms with Gasteiger partial charge in [0.05, 0.1) is 12.6 Å². The number of methoxy groups -OCH3 is 1. The van der Waals surface area contributed by atoms with E-state index in [4.69, 9.17) is 4.74 Å². The average molecular weight is 332 g/mol. The number of nitrogens with zero attached hydrogens (tertiary/aromatic N) is 6. The first-order valence-corrected chi connectivity index (χ1v) is 8.00. The van der Waals surface area contributed by atoms with E-state index in [9.17, 15) is 4.39 Å². The summed E-state index contributed by atoms with van der Waals surface area (Å²) in [5.74, 6) is 0.755. The zero-order valence-corrected chi connectivity index (χ0v) is 13.9. The lowest BCUT2D eigenvalue weighted by Gasteiger charge is -2.41. The average Bonchev–Trinajstić information content (AvgIpc) is 2.62. The molecule has 1 saturated heterocycles. The fourth-order valence-corrected chi connectivity index (χ4v) is 2.85. The van der Waals surface area contributed by atoms with Gasteiger partial charge in [0.25, 0.3) is 0 Å². The van der Waals surface area contributed by atoms with E-state index < -0.39 is 5.95 Å². The van der Waals surface area contributed by atoms with Gasteiger partial charge in [0, 0.05) is 45.2 Å². The van der Waals surface area contributed by atoms with Crippen LogP contribution in [0.25, 0.3) is 0 Å². The van der Waals surface area contributed by atoms with Crippen LogP contribution in [0.5, 0.6) is 0 Å². The molecule has 1 fully saturated rings. The van der Waals surface area contributed by atoms with E-state index in [1.54, 1.807) is 7.11 Å². The molecule has 3 rings (SSSR count). The van der Waals surface area contributed by atoms with Gasteiger partial charge >= 0.3 is 0 Å². The largest absolute Gasteiger partial charge is 0.382 e. The zero-order chi connectivity index (χ0) is 16.9. The van der Waals surface area contributed by atoms with Crippen molar-refractivity contribution < 1.29 is 9.13 Å². The highest BCUT2D eigenvalue weighted by Gasteiger charge is 2.29. The molecule has 0 aromatic carbocycles. The second-order valence-corrected chi connectivity index (χ2v) is 5.69. The van der Waals surface area contributed by atoms with Crippen LogP contribution in [0.3, 0.4) is 0 Å². The first-order chi connectivity index (χ1) is 11.7. The van der Waals surface area contributed by atoms with Crippen molar-refractivity contribution in [1.82, 2.24) is 19.9 Å². The van der Waals surface area contributed by atoms with Crippen LogP contribution in [-0.2, 0) is 11.2 Å². The van der Waals surface area contributed by atoms with Crippen LogP contribution in [-0.4, -0.2) is 59.3 Å². The van der Waals surface area contributed by atoms with E-state index in [2.05, 4.69) is 31.8 Å². The normalized spacial score (nSPS) is 18.0. The maximum Gasteiger partial charge on any atom is 0.225 e. The van der Waals surface area contributed by atoms with Crippen LogP contribution in [0.4, 0.5) is 16.2 Å². The lowest BCUT2D eigenvalue weighted by molar-refractivity contribution is 0.173. The molecule has 8 heteroatoms. The summed E-state index contributed by atoms with van der Waals surface area (Å²) in [6, 6.07) is 1.39. The van der Waals surface area contributed by atoms with E-state index in [0.717, 1.165) is 18.5 Å². The molecular formula is C16H21FN6O. The van der Waals surface area contributed by atoms with Crippen LogP contribution in [0.2, 0.25) is 0 Å². The Morgan fingerprint density at radius 1 is 1.21 bits per heavy atom. The molecule has 3 heterocycles. The standard InChI is InChI=1S/C16H21FN6O/c1-3-12-7-18-16(19-8-12)22-4-5-23(13(9-22)10-24-2)15-6-14(17)20-11-21-15/h6-8,11,13H,3-5,9-10H2,1-2H3. The lowest BCUT2D eigenvalue weighted by atomic mass is 10.1. The number of anilines is 2. The van der Waals surface area contributed by atoms with Crippen LogP contribution in [0.15, 0.2) is 24.8 Å². The number of hydrogen-bond acceptors (Lipinski definition) is 7. The van der Waals surface area contributed by atoms with E-state index in [1.807, 2.05) is 17.3 Å². The lowest BCUT2D eigenvalue weighted by Crippen LogP contribution is -2.56. The summed E-state index contributed by atoms with van der Waals surface area (Å²) in [6.45, 7) is 4.69. The quantitative estimate of drug-likeness (QED) is 0.765. The Hall–Kier alpha value is -2.35. The van der Waals surface area contributed by atoms with Gasteiger partial charge < -0.3 is 14.5 Å². The second kappa shape index (κ2) is 7.48. The molecule has 0 saturated carbocycles. The van der Waals surface area contributed by atoms with Gasteiger partial charge in [0.1, 0.15) is 12.1 Å². The summed E-state index contributed by atoms with van der Waals surface area (Å²) in [5, 5.41) is 0. The van der Waals surface area contributed by atoms with Gasteiger partial charge in [-0.15, -0.1) is 0 Å². The van der Waals surface area contributed by atoms with Gasteiger partial charge in [-0.05, 0) is 12.0 Å². The number of halogens is 1. The predicted octanol–water partition coefficient (Wildman–Crippen LogP) is 1.31. The topological polar surface area (TPSA) is 67.3 Å². The number of aryl methyl sites for hydroxylation is 1. The van der Waals surface area contributed by atoms with Gasteiger partial charge in [-0.3, -0.25) is 0 Å². The van der Waals surface area contributed by atoms with Crippen molar-refractivity contribution in [3.8, 4) is 0 Å².